The fourth-order valence-corrected chi connectivity index (χ4v) is 5.89. The molecule has 1 amide bonds. The third-order valence-electron chi connectivity index (χ3n) is 6.54. The van der Waals surface area contributed by atoms with Gasteiger partial charge in [0.2, 0.25) is 20.6 Å². The van der Waals surface area contributed by atoms with E-state index < -0.39 is 20.7 Å². The van der Waals surface area contributed by atoms with Gasteiger partial charge < -0.3 is 26.4 Å². The number of amides is 1. The Morgan fingerprint density at radius 2 is 1.81 bits per heavy atom. The van der Waals surface area contributed by atoms with E-state index in [0.29, 0.717) is 42.7 Å². The number of hydrogen-bond donors (Lipinski definition) is 5. The number of amidine groups is 1. The van der Waals surface area contributed by atoms with Crippen LogP contribution in [-0.4, -0.2) is 67.2 Å². The van der Waals surface area contributed by atoms with Crippen LogP contribution in [0.5, 0.6) is 0 Å². The molecule has 0 aromatic heterocycles. The number of piperazine rings is 1. The fraction of sp³-hybridized carbons (Fsp3) is 0.269. The number of nitrogens with one attached hydrogen (secondary N) is 3. The van der Waals surface area contributed by atoms with Crippen LogP contribution in [0.25, 0.3) is 10.8 Å². The van der Waals surface area contributed by atoms with E-state index in [4.69, 9.17) is 11.1 Å². The first-order chi connectivity index (χ1) is 17.5. The van der Waals surface area contributed by atoms with Gasteiger partial charge in [-0.25, -0.2) is 13.2 Å². The topological polar surface area (TPSA) is 166 Å². The summed E-state index contributed by atoms with van der Waals surface area (Å²) in [4.78, 5) is 24.5. The SMILES string of the molecule is C[C@](Nc1cccc(C(=N)N)c1)(C(=O)O)S(=O)(=O)c1cc(CC(=O)N2CCNCC2)c2ccccc2c1. The molecule has 1 aliphatic rings. The number of fused-ring (bicyclic) bond motifs is 1. The zero-order chi connectivity index (χ0) is 26.8. The normalized spacial score (nSPS) is 15.6. The van der Waals surface area contributed by atoms with Crippen LogP contribution in [0.4, 0.5) is 5.69 Å². The molecule has 1 saturated heterocycles. The van der Waals surface area contributed by atoms with E-state index in [1.807, 2.05) is 6.07 Å². The number of benzene rings is 3. The van der Waals surface area contributed by atoms with Crippen molar-refractivity contribution in [3.63, 3.8) is 0 Å². The highest BCUT2D eigenvalue weighted by Gasteiger charge is 2.48. The summed E-state index contributed by atoms with van der Waals surface area (Å²) in [6, 6.07) is 15.9. The quantitative estimate of drug-likeness (QED) is 0.220. The van der Waals surface area contributed by atoms with Crippen molar-refractivity contribution in [2.24, 2.45) is 5.73 Å². The Bertz CT molecular complexity index is 1480. The average Bonchev–Trinajstić information content (AvgIpc) is 2.89. The van der Waals surface area contributed by atoms with Gasteiger partial charge >= 0.3 is 5.97 Å². The lowest BCUT2D eigenvalue weighted by Crippen LogP contribution is -2.50. The van der Waals surface area contributed by atoms with Crippen molar-refractivity contribution >= 4 is 44.0 Å². The molecule has 194 valence electrons. The predicted molar refractivity (Wildman–Crippen MR) is 141 cm³/mol. The van der Waals surface area contributed by atoms with Gasteiger partial charge in [0.25, 0.3) is 0 Å². The van der Waals surface area contributed by atoms with Crippen LogP contribution in [0.3, 0.4) is 0 Å². The molecule has 6 N–H and O–H groups in total. The lowest BCUT2D eigenvalue weighted by atomic mass is 10.0. The smallest absolute Gasteiger partial charge is 0.345 e. The first-order valence-electron chi connectivity index (χ1n) is 11.7. The van der Waals surface area contributed by atoms with Crippen LogP contribution in [0.15, 0.2) is 65.6 Å². The van der Waals surface area contributed by atoms with E-state index >= 15 is 0 Å². The minimum atomic E-state index is -4.54. The lowest BCUT2D eigenvalue weighted by molar-refractivity contribution is -0.138. The number of carboxylic acids is 1. The third-order valence-corrected chi connectivity index (χ3v) is 8.75. The number of anilines is 1. The van der Waals surface area contributed by atoms with Crippen LogP contribution in [-0.2, 0) is 25.8 Å². The second-order valence-electron chi connectivity index (χ2n) is 9.07. The van der Waals surface area contributed by atoms with Crippen LogP contribution < -0.4 is 16.4 Å². The Morgan fingerprint density at radius 1 is 1.11 bits per heavy atom. The number of rotatable bonds is 8. The molecule has 1 atom stereocenters. The minimum Gasteiger partial charge on any atom is -0.479 e. The Labute approximate surface area is 214 Å². The van der Waals surface area contributed by atoms with Gasteiger partial charge in [0, 0.05) is 37.4 Å². The number of nitrogens with two attached hydrogens (primary N) is 1. The first-order valence-corrected chi connectivity index (χ1v) is 13.2. The molecule has 3 aromatic rings. The largest absolute Gasteiger partial charge is 0.479 e. The molecule has 3 aromatic carbocycles. The van der Waals surface area contributed by atoms with Gasteiger partial charge in [-0.15, -0.1) is 0 Å². The van der Waals surface area contributed by atoms with Gasteiger partial charge in [-0.05, 0) is 47.5 Å². The number of aliphatic carboxylic acids is 1. The van der Waals surface area contributed by atoms with Gasteiger partial charge in [0.1, 0.15) is 5.84 Å². The molecule has 10 nitrogen and oxygen atoms in total. The number of nitrogens with zero attached hydrogens (tertiary/aromatic N) is 1. The van der Waals surface area contributed by atoms with E-state index in [-0.39, 0.29) is 28.7 Å². The highest BCUT2D eigenvalue weighted by molar-refractivity contribution is 7.93. The first kappa shape index (κ1) is 26.1. The van der Waals surface area contributed by atoms with Crippen LogP contribution in [0, 0.1) is 5.41 Å². The number of carbonyl (C=O) groups excluding carboxylic acids is 1. The molecule has 11 heteroatoms. The van der Waals surface area contributed by atoms with E-state index in [1.165, 1.54) is 24.3 Å². The Kier molecular flexibility index (Phi) is 7.19. The maximum absolute atomic E-state index is 13.9. The van der Waals surface area contributed by atoms with Gasteiger partial charge in [-0.3, -0.25) is 10.2 Å². The molecular weight excluding hydrogens is 494 g/mol. The molecule has 1 heterocycles. The second kappa shape index (κ2) is 10.2. The minimum absolute atomic E-state index is 0.0122. The molecule has 1 fully saturated rings. The summed E-state index contributed by atoms with van der Waals surface area (Å²) >= 11 is 0. The molecule has 1 aliphatic heterocycles. The highest BCUT2D eigenvalue weighted by Crippen LogP contribution is 2.32. The van der Waals surface area contributed by atoms with Crippen molar-refractivity contribution in [1.29, 1.82) is 5.41 Å². The zero-order valence-electron chi connectivity index (χ0n) is 20.3. The fourth-order valence-electron chi connectivity index (χ4n) is 4.36. The number of nitrogen functional groups attached to an aromatic ring is 1. The lowest BCUT2D eigenvalue weighted by Gasteiger charge is -2.29. The Morgan fingerprint density at radius 3 is 2.49 bits per heavy atom. The van der Waals surface area contributed by atoms with Crippen molar-refractivity contribution in [2.45, 2.75) is 23.1 Å². The average molecular weight is 524 g/mol. The Hall–Kier alpha value is -3.96. The van der Waals surface area contributed by atoms with Crippen molar-refractivity contribution in [3.05, 3.63) is 71.8 Å². The molecule has 0 saturated carbocycles. The molecule has 37 heavy (non-hydrogen) atoms. The number of carbonyl (C=O) groups is 2. The summed E-state index contributed by atoms with van der Waals surface area (Å²) in [6.07, 6.45) is -0.0122. The highest BCUT2D eigenvalue weighted by atomic mass is 32.2. The van der Waals surface area contributed by atoms with Crippen molar-refractivity contribution < 1.29 is 23.1 Å². The van der Waals surface area contributed by atoms with Gasteiger partial charge in [-0.2, -0.15) is 0 Å². The maximum atomic E-state index is 13.9. The summed E-state index contributed by atoms with van der Waals surface area (Å²) in [5.74, 6) is -1.97. The summed E-state index contributed by atoms with van der Waals surface area (Å²) in [6.45, 7) is 3.58. The molecule has 4 rings (SSSR count). The number of carboxylic acid groups (broad SMARTS) is 1. The molecule has 0 bridgehead atoms. The van der Waals surface area contributed by atoms with Crippen LogP contribution >= 0.6 is 0 Å². The summed E-state index contributed by atoms with van der Waals surface area (Å²) in [7, 11) is -4.54. The summed E-state index contributed by atoms with van der Waals surface area (Å²) < 4.78 is 27.8. The van der Waals surface area contributed by atoms with Gasteiger partial charge in [0.05, 0.1) is 11.3 Å². The number of hydrogen-bond acceptors (Lipinski definition) is 7. The summed E-state index contributed by atoms with van der Waals surface area (Å²) in [5.41, 5.74) is 6.53. The zero-order valence-corrected chi connectivity index (χ0v) is 21.1. The van der Waals surface area contributed by atoms with Gasteiger partial charge in [0.15, 0.2) is 0 Å². The monoisotopic (exact) mass is 523 g/mol. The molecule has 0 unspecified atom stereocenters. The maximum Gasteiger partial charge on any atom is 0.345 e. The van der Waals surface area contributed by atoms with E-state index in [0.717, 1.165) is 12.3 Å². The standard InChI is InChI=1S/C26H29N5O5S/c1-26(25(33)34,30-20-7-4-6-18(13-20)24(27)28)37(35,36)21-14-17-5-2-3-8-22(17)19(15-21)16-23(32)31-11-9-29-10-12-31/h2-8,13-15,29-30H,9-12,16H2,1H3,(H3,27,28)(H,33,34)/t26-/m1/s1. The predicted octanol–water partition coefficient (Wildman–Crippen LogP) is 1.78. The second-order valence-corrected chi connectivity index (χ2v) is 11.4. The molecule has 0 spiro atoms. The van der Waals surface area contributed by atoms with Crippen LogP contribution in [0.1, 0.15) is 18.1 Å². The van der Waals surface area contributed by atoms with E-state index in [2.05, 4.69) is 10.6 Å². The molecule has 0 radical (unpaired) electrons. The molecular formula is C26H29N5O5S. The van der Waals surface area contributed by atoms with E-state index in [1.54, 1.807) is 35.2 Å². The Balaban J connectivity index is 1.77. The summed E-state index contributed by atoms with van der Waals surface area (Å²) in [5, 5.41) is 24.8. The van der Waals surface area contributed by atoms with Crippen LogP contribution in [0.2, 0.25) is 0 Å². The van der Waals surface area contributed by atoms with Crippen molar-refractivity contribution in [3.8, 4) is 0 Å². The third kappa shape index (κ3) is 5.13. The molecule has 0 aliphatic carbocycles. The van der Waals surface area contributed by atoms with Gasteiger partial charge in [-0.1, -0.05) is 36.4 Å². The van der Waals surface area contributed by atoms with Crippen molar-refractivity contribution in [2.75, 3.05) is 31.5 Å². The number of sulfone groups is 1. The van der Waals surface area contributed by atoms with E-state index in [9.17, 15) is 23.1 Å². The van der Waals surface area contributed by atoms with Crippen molar-refractivity contribution in [1.82, 2.24) is 10.2 Å².